The third-order valence-corrected chi connectivity index (χ3v) is 4.36. The van der Waals surface area contributed by atoms with Crippen molar-refractivity contribution in [2.75, 3.05) is 0 Å². The van der Waals surface area contributed by atoms with E-state index < -0.39 is 0 Å². The molecule has 0 aliphatic heterocycles. The van der Waals surface area contributed by atoms with E-state index in [1.807, 2.05) is 21.7 Å². The van der Waals surface area contributed by atoms with Gasteiger partial charge in [-0.2, -0.15) is 22.7 Å². The van der Waals surface area contributed by atoms with Gasteiger partial charge in [-0.3, -0.25) is 4.79 Å². The van der Waals surface area contributed by atoms with Gasteiger partial charge in [-0.05, 0) is 46.7 Å². The van der Waals surface area contributed by atoms with Crippen LogP contribution in [0.2, 0.25) is 0 Å². The zero-order chi connectivity index (χ0) is 11.7. The van der Waals surface area contributed by atoms with Crippen LogP contribution in [-0.2, 0) is 6.54 Å². The fourth-order valence-electron chi connectivity index (χ4n) is 1.88. The summed E-state index contributed by atoms with van der Waals surface area (Å²) >= 11 is 3.27. The summed E-state index contributed by atoms with van der Waals surface area (Å²) in [5.74, 6) is 0.181. The average Bonchev–Trinajstić information content (AvgIpc) is 2.86. The normalized spacial score (nSPS) is 14.8. The van der Waals surface area contributed by atoms with Crippen molar-refractivity contribution in [3.8, 4) is 0 Å². The molecule has 4 heteroatoms. The Bertz CT molecular complexity index is 485. The Hall–Kier alpha value is -1.13. The number of thiophene rings is 2. The summed E-state index contributed by atoms with van der Waals surface area (Å²) in [6.07, 6.45) is 2.31. The first-order valence-corrected chi connectivity index (χ1v) is 7.57. The minimum atomic E-state index is 0.181. The largest absolute Gasteiger partial charge is 0.331 e. The second-order valence-corrected chi connectivity index (χ2v) is 5.87. The molecule has 0 saturated heterocycles. The van der Waals surface area contributed by atoms with Gasteiger partial charge in [0.05, 0.1) is 5.56 Å². The minimum Gasteiger partial charge on any atom is -0.331 e. The highest BCUT2D eigenvalue weighted by molar-refractivity contribution is 7.08. The summed E-state index contributed by atoms with van der Waals surface area (Å²) in [5.41, 5.74) is 2.07. The maximum atomic E-state index is 12.3. The van der Waals surface area contributed by atoms with Crippen LogP contribution in [0.15, 0.2) is 33.7 Å². The maximum absolute atomic E-state index is 12.3. The van der Waals surface area contributed by atoms with Crippen LogP contribution in [0.4, 0.5) is 0 Å². The van der Waals surface area contributed by atoms with Crippen LogP contribution < -0.4 is 0 Å². The second-order valence-electron chi connectivity index (χ2n) is 4.31. The standard InChI is InChI=1S/C13H13NOS2/c15-13(11-4-6-17-9-11)14(12-1-2-12)7-10-3-5-16-8-10/h3-6,8-9,12H,1-2,7H2. The zero-order valence-electron chi connectivity index (χ0n) is 9.33. The summed E-state index contributed by atoms with van der Waals surface area (Å²) < 4.78 is 0. The van der Waals surface area contributed by atoms with Gasteiger partial charge in [0.1, 0.15) is 0 Å². The molecule has 17 heavy (non-hydrogen) atoms. The van der Waals surface area contributed by atoms with Crippen LogP contribution in [0.25, 0.3) is 0 Å². The van der Waals surface area contributed by atoms with Crippen molar-refractivity contribution in [3.63, 3.8) is 0 Å². The molecule has 1 amide bonds. The van der Waals surface area contributed by atoms with E-state index in [-0.39, 0.29) is 5.91 Å². The Balaban J connectivity index is 1.78. The Morgan fingerprint density at radius 2 is 2.00 bits per heavy atom. The smallest absolute Gasteiger partial charge is 0.255 e. The molecule has 0 radical (unpaired) electrons. The van der Waals surface area contributed by atoms with E-state index in [0.717, 1.165) is 24.9 Å². The number of hydrogen-bond acceptors (Lipinski definition) is 3. The van der Waals surface area contributed by atoms with Crippen molar-refractivity contribution < 1.29 is 4.79 Å². The molecule has 1 aliphatic rings. The van der Waals surface area contributed by atoms with Gasteiger partial charge >= 0.3 is 0 Å². The fraction of sp³-hybridized carbons (Fsp3) is 0.308. The summed E-state index contributed by atoms with van der Waals surface area (Å²) in [7, 11) is 0. The maximum Gasteiger partial charge on any atom is 0.255 e. The Labute approximate surface area is 109 Å². The highest BCUT2D eigenvalue weighted by Gasteiger charge is 2.33. The first-order chi connectivity index (χ1) is 8.34. The Kier molecular flexibility index (Phi) is 2.99. The molecule has 0 unspecified atom stereocenters. The highest BCUT2D eigenvalue weighted by Crippen LogP contribution is 2.30. The van der Waals surface area contributed by atoms with Crippen LogP contribution in [0.3, 0.4) is 0 Å². The zero-order valence-corrected chi connectivity index (χ0v) is 11.0. The van der Waals surface area contributed by atoms with Crippen molar-refractivity contribution in [3.05, 3.63) is 44.8 Å². The van der Waals surface area contributed by atoms with Crippen molar-refractivity contribution in [2.45, 2.75) is 25.4 Å². The van der Waals surface area contributed by atoms with Gasteiger partial charge in [-0.1, -0.05) is 0 Å². The molecule has 0 atom stereocenters. The molecule has 0 N–H and O–H groups in total. The summed E-state index contributed by atoms with van der Waals surface area (Å²) in [4.78, 5) is 14.4. The van der Waals surface area contributed by atoms with Gasteiger partial charge < -0.3 is 4.90 Å². The van der Waals surface area contributed by atoms with Gasteiger partial charge in [0.25, 0.3) is 5.91 Å². The third kappa shape index (κ3) is 2.42. The quantitative estimate of drug-likeness (QED) is 0.825. The van der Waals surface area contributed by atoms with Gasteiger partial charge in [0, 0.05) is 18.0 Å². The number of carbonyl (C=O) groups excluding carboxylic acids is 1. The fourth-order valence-corrected chi connectivity index (χ4v) is 3.17. The molecule has 1 saturated carbocycles. The molecule has 1 fully saturated rings. The topological polar surface area (TPSA) is 20.3 Å². The van der Waals surface area contributed by atoms with E-state index in [4.69, 9.17) is 0 Å². The van der Waals surface area contributed by atoms with E-state index in [2.05, 4.69) is 16.8 Å². The lowest BCUT2D eigenvalue weighted by Crippen LogP contribution is -2.32. The van der Waals surface area contributed by atoms with Crippen molar-refractivity contribution in [1.29, 1.82) is 0 Å². The minimum absolute atomic E-state index is 0.181. The van der Waals surface area contributed by atoms with Crippen molar-refractivity contribution in [2.24, 2.45) is 0 Å². The van der Waals surface area contributed by atoms with Crippen LogP contribution >= 0.6 is 22.7 Å². The highest BCUT2D eigenvalue weighted by atomic mass is 32.1. The number of nitrogens with zero attached hydrogens (tertiary/aromatic N) is 1. The molecule has 0 bridgehead atoms. The van der Waals surface area contributed by atoms with E-state index in [1.54, 1.807) is 22.7 Å². The molecule has 2 heterocycles. The number of carbonyl (C=O) groups is 1. The molecule has 1 aliphatic carbocycles. The predicted molar refractivity (Wildman–Crippen MR) is 71.5 cm³/mol. The lowest BCUT2D eigenvalue weighted by Gasteiger charge is -2.21. The molecule has 2 nitrogen and oxygen atoms in total. The van der Waals surface area contributed by atoms with Crippen LogP contribution in [0.5, 0.6) is 0 Å². The van der Waals surface area contributed by atoms with Gasteiger partial charge in [-0.15, -0.1) is 0 Å². The number of rotatable bonds is 4. The van der Waals surface area contributed by atoms with Gasteiger partial charge in [0.15, 0.2) is 0 Å². The summed E-state index contributed by atoms with van der Waals surface area (Å²) in [6, 6.07) is 4.47. The third-order valence-electron chi connectivity index (χ3n) is 2.95. The second kappa shape index (κ2) is 4.63. The van der Waals surface area contributed by atoms with E-state index >= 15 is 0 Å². The van der Waals surface area contributed by atoms with E-state index in [9.17, 15) is 4.79 Å². The molecular weight excluding hydrogens is 250 g/mol. The van der Waals surface area contributed by atoms with E-state index in [1.165, 1.54) is 5.56 Å². The van der Waals surface area contributed by atoms with Crippen molar-refractivity contribution >= 4 is 28.6 Å². The molecule has 2 aromatic heterocycles. The van der Waals surface area contributed by atoms with Crippen LogP contribution in [-0.4, -0.2) is 16.8 Å². The lowest BCUT2D eigenvalue weighted by molar-refractivity contribution is 0.0730. The summed E-state index contributed by atoms with van der Waals surface area (Å²) in [6.45, 7) is 0.753. The Morgan fingerprint density at radius 1 is 1.24 bits per heavy atom. The Morgan fingerprint density at radius 3 is 2.59 bits per heavy atom. The van der Waals surface area contributed by atoms with Crippen LogP contribution in [0, 0.1) is 0 Å². The number of amides is 1. The first kappa shape index (κ1) is 11.0. The lowest BCUT2D eigenvalue weighted by atomic mass is 10.2. The predicted octanol–water partition coefficient (Wildman–Crippen LogP) is 3.61. The van der Waals surface area contributed by atoms with Crippen LogP contribution in [0.1, 0.15) is 28.8 Å². The van der Waals surface area contributed by atoms with Gasteiger partial charge in [-0.25, -0.2) is 0 Å². The average molecular weight is 263 g/mol. The molecule has 88 valence electrons. The molecule has 0 spiro atoms. The molecule has 3 rings (SSSR count). The number of hydrogen-bond donors (Lipinski definition) is 0. The summed E-state index contributed by atoms with van der Waals surface area (Å²) in [5, 5.41) is 8.08. The SMILES string of the molecule is O=C(c1ccsc1)N(Cc1ccsc1)C1CC1. The first-order valence-electron chi connectivity index (χ1n) is 5.69. The molecule has 0 aromatic carbocycles. The molecular formula is C13H13NOS2. The van der Waals surface area contributed by atoms with E-state index in [0.29, 0.717) is 6.04 Å². The molecule has 2 aromatic rings. The van der Waals surface area contributed by atoms with Gasteiger partial charge in [0.2, 0.25) is 0 Å². The monoisotopic (exact) mass is 263 g/mol. The van der Waals surface area contributed by atoms with Crippen molar-refractivity contribution in [1.82, 2.24) is 4.90 Å².